The van der Waals surface area contributed by atoms with E-state index < -0.39 is 0 Å². The monoisotopic (exact) mass is 238 g/mol. The molecule has 1 rings (SSSR count). The van der Waals surface area contributed by atoms with Crippen molar-refractivity contribution in [2.24, 2.45) is 0 Å². The van der Waals surface area contributed by atoms with E-state index in [0.29, 0.717) is 16.3 Å². The Morgan fingerprint density at radius 2 is 2.31 bits per heavy atom. The number of benzene rings is 1. The average molecular weight is 239 g/mol. The second-order valence-corrected chi connectivity index (χ2v) is 3.64. The highest BCUT2D eigenvalue weighted by atomic mass is 35.5. The Kier molecular flexibility index (Phi) is 4.15. The van der Waals surface area contributed by atoms with Crippen LogP contribution in [0.2, 0.25) is 5.02 Å². The molecule has 0 aliphatic rings. The van der Waals surface area contributed by atoms with Gasteiger partial charge in [-0.2, -0.15) is 5.26 Å². The molecule has 0 radical (unpaired) electrons. The molecule has 5 heteroatoms. The van der Waals surface area contributed by atoms with E-state index in [1.165, 1.54) is 7.11 Å². The Balaban J connectivity index is 2.98. The summed E-state index contributed by atoms with van der Waals surface area (Å²) in [4.78, 5) is 12.7. The molecule has 0 fully saturated rings. The molecule has 0 heterocycles. The van der Waals surface area contributed by atoms with E-state index in [-0.39, 0.29) is 12.5 Å². The van der Waals surface area contributed by atoms with Crippen LogP contribution >= 0.6 is 11.6 Å². The number of hydrogen-bond acceptors (Lipinski definition) is 4. The summed E-state index contributed by atoms with van der Waals surface area (Å²) >= 11 is 5.84. The van der Waals surface area contributed by atoms with Crippen molar-refractivity contribution in [1.82, 2.24) is 0 Å². The molecule has 0 saturated heterocycles. The summed E-state index contributed by atoms with van der Waals surface area (Å²) in [6, 6.07) is 6.94. The average Bonchev–Trinajstić information content (AvgIpc) is 2.28. The number of ether oxygens (including phenoxy) is 1. The maximum Gasteiger partial charge on any atom is 0.325 e. The Labute approximate surface area is 99.0 Å². The van der Waals surface area contributed by atoms with E-state index in [9.17, 15) is 4.79 Å². The third kappa shape index (κ3) is 2.88. The molecule has 0 aromatic heterocycles. The Bertz CT molecular complexity index is 440. The summed E-state index contributed by atoms with van der Waals surface area (Å²) in [7, 11) is 3.02. The van der Waals surface area contributed by atoms with E-state index in [1.54, 1.807) is 30.1 Å². The van der Waals surface area contributed by atoms with Crippen LogP contribution in [0.4, 0.5) is 5.69 Å². The van der Waals surface area contributed by atoms with Crippen LogP contribution in [0.3, 0.4) is 0 Å². The highest BCUT2D eigenvalue weighted by molar-refractivity contribution is 6.30. The number of likely N-dealkylation sites (N-methyl/N-ethyl adjacent to an activating group) is 1. The first-order valence-corrected chi connectivity index (χ1v) is 4.94. The molecular weight excluding hydrogens is 228 g/mol. The molecule has 0 aliphatic heterocycles. The molecule has 0 N–H and O–H groups in total. The van der Waals surface area contributed by atoms with Crippen LogP contribution in [0, 0.1) is 11.3 Å². The second-order valence-electron chi connectivity index (χ2n) is 3.21. The first-order valence-electron chi connectivity index (χ1n) is 4.56. The number of methoxy groups -OCH3 is 1. The van der Waals surface area contributed by atoms with E-state index in [4.69, 9.17) is 16.9 Å². The summed E-state index contributed by atoms with van der Waals surface area (Å²) in [5, 5.41) is 9.43. The van der Waals surface area contributed by atoms with Gasteiger partial charge < -0.3 is 9.64 Å². The molecule has 16 heavy (non-hydrogen) atoms. The lowest BCUT2D eigenvalue weighted by molar-refractivity contribution is -0.138. The van der Waals surface area contributed by atoms with Gasteiger partial charge >= 0.3 is 5.97 Å². The van der Waals surface area contributed by atoms with Crippen LogP contribution in [-0.4, -0.2) is 26.7 Å². The minimum Gasteiger partial charge on any atom is -0.468 e. The van der Waals surface area contributed by atoms with Gasteiger partial charge in [0.1, 0.15) is 12.6 Å². The third-order valence-electron chi connectivity index (χ3n) is 2.09. The molecule has 84 valence electrons. The van der Waals surface area contributed by atoms with Gasteiger partial charge in [0.2, 0.25) is 0 Å². The molecular formula is C11H11ClN2O2. The summed E-state index contributed by atoms with van der Waals surface area (Å²) in [5.74, 6) is -0.369. The molecule has 0 bridgehead atoms. The zero-order valence-corrected chi connectivity index (χ0v) is 9.78. The van der Waals surface area contributed by atoms with Crippen LogP contribution < -0.4 is 4.90 Å². The van der Waals surface area contributed by atoms with Crippen LogP contribution in [0.1, 0.15) is 5.56 Å². The van der Waals surface area contributed by atoms with Crippen LogP contribution in [0.5, 0.6) is 0 Å². The first kappa shape index (κ1) is 12.3. The number of nitriles is 1. The number of halogens is 1. The Hall–Kier alpha value is -1.73. The zero-order valence-electron chi connectivity index (χ0n) is 9.03. The van der Waals surface area contributed by atoms with E-state index in [1.807, 2.05) is 6.07 Å². The fourth-order valence-electron chi connectivity index (χ4n) is 1.26. The van der Waals surface area contributed by atoms with E-state index in [2.05, 4.69) is 4.74 Å². The molecule has 4 nitrogen and oxygen atoms in total. The van der Waals surface area contributed by atoms with E-state index >= 15 is 0 Å². The number of carbonyl (C=O) groups excluding carboxylic acids is 1. The van der Waals surface area contributed by atoms with Crippen molar-refractivity contribution in [3.8, 4) is 6.07 Å². The Morgan fingerprint density at radius 3 is 2.88 bits per heavy atom. The SMILES string of the molecule is COC(=O)CN(C)c1cc(Cl)ccc1C#N. The lowest BCUT2D eigenvalue weighted by atomic mass is 10.2. The van der Waals surface area contributed by atoms with Crippen molar-refractivity contribution >= 4 is 23.3 Å². The Morgan fingerprint density at radius 1 is 1.62 bits per heavy atom. The van der Waals surface area contributed by atoms with Crippen LogP contribution in [-0.2, 0) is 9.53 Å². The van der Waals surface area contributed by atoms with Crippen molar-refractivity contribution in [2.75, 3.05) is 25.6 Å². The predicted molar refractivity (Wildman–Crippen MR) is 61.5 cm³/mol. The summed E-state index contributed by atoms with van der Waals surface area (Å²) in [6.07, 6.45) is 0. The maximum atomic E-state index is 11.1. The van der Waals surface area contributed by atoms with Crippen LogP contribution in [0.25, 0.3) is 0 Å². The molecule has 0 amide bonds. The number of esters is 1. The van der Waals surface area contributed by atoms with Gasteiger partial charge in [-0.05, 0) is 18.2 Å². The van der Waals surface area contributed by atoms with Gasteiger partial charge in [0.15, 0.2) is 0 Å². The zero-order chi connectivity index (χ0) is 12.1. The molecule has 0 aliphatic carbocycles. The smallest absolute Gasteiger partial charge is 0.325 e. The number of anilines is 1. The molecule has 0 unspecified atom stereocenters. The quantitative estimate of drug-likeness (QED) is 0.754. The molecule has 0 saturated carbocycles. The number of hydrogen-bond donors (Lipinski definition) is 0. The molecule has 0 atom stereocenters. The van der Waals surface area contributed by atoms with Crippen LogP contribution in [0.15, 0.2) is 18.2 Å². The number of rotatable bonds is 3. The fraction of sp³-hybridized carbons (Fsp3) is 0.273. The lowest BCUT2D eigenvalue weighted by Gasteiger charge is -2.19. The van der Waals surface area contributed by atoms with Crippen molar-refractivity contribution in [3.63, 3.8) is 0 Å². The highest BCUT2D eigenvalue weighted by Crippen LogP contribution is 2.23. The van der Waals surface area contributed by atoms with Gasteiger partial charge in [-0.25, -0.2) is 0 Å². The van der Waals surface area contributed by atoms with Crippen molar-refractivity contribution in [2.45, 2.75) is 0 Å². The van der Waals surface area contributed by atoms with Gasteiger partial charge in [-0.1, -0.05) is 11.6 Å². The summed E-state index contributed by atoms with van der Waals surface area (Å²) < 4.78 is 4.55. The third-order valence-corrected chi connectivity index (χ3v) is 2.32. The number of carbonyl (C=O) groups is 1. The molecule has 1 aromatic rings. The van der Waals surface area contributed by atoms with Gasteiger partial charge in [-0.15, -0.1) is 0 Å². The van der Waals surface area contributed by atoms with Gasteiger partial charge in [-0.3, -0.25) is 4.79 Å². The van der Waals surface area contributed by atoms with Crippen molar-refractivity contribution in [3.05, 3.63) is 28.8 Å². The minimum atomic E-state index is -0.369. The topological polar surface area (TPSA) is 53.3 Å². The number of nitrogens with zero attached hydrogens (tertiary/aromatic N) is 2. The first-order chi connectivity index (χ1) is 7.58. The molecule has 1 aromatic carbocycles. The van der Waals surface area contributed by atoms with Crippen molar-refractivity contribution in [1.29, 1.82) is 5.26 Å². The van der Waals surface area contributed by atoms with E-state index in [0.717, 1.165) is 0 Å². The van der Waals surface area contributed by atoms with Gasteiger partial charge in [0.05, 0.1) is 18.4 Å². The second kappa shape index (κ2) is 5.38. The van der Waals surface area contributed by atoms with Gasteiger partial charge in [0, 0.05) is 12.1 Å². The standard InChI is InChI=1S/C11H11ClN2O2/c1-14(7-11(15)16-2)10-5-9(12)4-3-8(10)6-13/h3-5H,7H2,1-2H3. The predicted octanol–water partition coefficient (Wildman–Crippen LogP) is 1.82. The maximum absolute atomic E-state index is 11.1. The largest absolute Gasteiger partial charge is 0.468 e. The van der Waals surface area contributed by atoms with Gasteiger partial charge in [0.25, 0.3) is 0 Å². The summed E-state index contributed by atoms with van der Waals surface area (Å²) in [6.45, 7) is 0.0749. The van der Waals surface area contributed by atoms with Crippen molar-refractivity contribution < 1.29 is 9.53 Å². The summed E-state index contributed by atoms with van der Waals surface area (Å²) in [5.41, 5.74) is 1.08. The fourth-order valence-corrected chi connectivity index (χ4v) is 1.42. The normalized spacial score (nSPS) is 9.38. The molecule has 0 spiro atoms. The lowest BCUT2D eigenvalue weighted by Crippen LogP contribution is -2.27. The minimum absolute atomic E-state index is 0.0749. The highest BCUT2D eigenvalue weighted by Gasteiger charge is 2.11.